The summed E-state index contributed by atoms with van der Waals surface area (Å²) in [6.07, 6.45) is 0.935. The first kappa shape index (κ1) is 15.5. The smallest absolute Gasteiger partial charge is 0.160 e. The van der Waals surface area contributed by atoms with Crippen LogP contribution in [-0.4, -0.2) is 12.4 Å². The zero-order valence-corrected chi connectivity index (χ0v) is 12.9. The first-order valence-corrected chi connectivity index (χ1v) is 7.39. The van der Waals surface area contributed by atoms with Gasteiger partial charge in [-0.3, -0.25) is 4.79 Å². The molecule has 1 atom stereocenters. The highest BCUT2D eigenvalue weighted by Gasteiger charge is 2.32. The van der Waals surface area contributed by atoms with Crippen LogP contribution in [0.2, 0.25) is 0 Å². The molecule has 2 rings (SSSR count). The van der Waals surface area contributed by atoms with Gasteiger partial charge >= 0.3 is 0 Å². The van der Waals surface area contributed by atoms with E-state index in [9.17, 15) is 4.79 Å². The van der Waals surface area contributed by atoms with E-state index in [2.05, 4.69) is 6.92 Å². The second-order valence-electron chi connectivity index (χ2n) is 5.35. The van der Waals surface area contributed by atoms with E-state index in [1.807, 2.05) is 61.5 Å². The normalized spacial score (nSPS) is 13.7. The van der Waals surface area contributed by atoms with Gasteiger partial charge in [0, 0.05) is 12.2 Å². The van der Waals surface area contributed by atoms with Gasteiger partial charge in [0.2, 0.25) is 0 Å². The number of carbonyl (C=O) groups is 1. The van der Waals surface area contributed by atoms with Gasteiger partial charge in [-0.15, -0.1) is 0 Å². The molecule has 0 bridgehead atoms. The summed E-state index contributed by atoms with van der Waals surface area (Å²) in [5.74, 6) is 0.0628. The van der Waals surface area contributed by atoms with Crippen molar-refractivity contribution in [2.45, 2.75) is 32.8 Å². The Hall–Kier alpha value is -1.93. The minimum absolute atomic E-state index is 0.0628. The Balaban J connectivity index is 2.58. The number of ketones is 1. The van der Waals surface area contributed by atoms with Crippen LogP contribution in [0.15, 0.2) is 54.6 Å². The summed E-state index contributed by atoms with van der Waals surface area (Å²) >= 11 is 0. The molecule has 0 aromatic heterocycles. The average molecular weight is 282 g/mol. The van der Waals surface area contributed by atoms with Crippen molar-refractivity contribution in [2.75, 3.05) is 6.61 Å². The molecule has 0 aliphatic carbocycles. The molecule has 2 aromatic carbocycles. The average Bonchev–Trinajstić information content (AvgIpc) is 2.53. The summed E-state index contributed by atoms with van der Waals surface area (Å²) in [4.78, 5) is 12.0. The molecule has 0 spiro atoms. The molecule has 21 heavy (non-hydrogen) atoms. The molecule has 0 saturated carbocycles. The first-order valence-electron chi connectivity index (χ1n) is 7.39. The van der Waals surface area contributed by atoms with Crippen LogP contribution in [0, 0.1) is 0 Å². The van der Waals surface area contributed by atoms with E-state index >= 15 is 0 Å². The van der Waals surface area contributed by atoms with Crippen molar-refractivity contribution < 1.29 is 9.53 Å². The lowest BCUT2D eigenvalue weighted by molar-refractivity contribution is -0.00422. The molecular formula is C19H22O2. The number of ether oxygens (including phenoxy) is 1. The SMILES string of the molecule is CCCOC(C)(c1ccccc1)c1ccccc1C(C)=O. The van der Waals surface area contributed by atoms with Gasteiger partial charge in [-0.25, -0.2) is 0 Å². The maximum Gasteiger partial charge on any atom is 0.160 e. The third-order valence-electron chi connectivity index (χ3n) is 3.74. The monoisotopic (exact) mass is 282 g/mol. The van der Waals surface area contributed by atoms with Crippen LogP contribution in [0.25, 0.3) is 0 Å². The molecule has 0 heterocycles. The van der Waals surface area contributed by atoms with Crippen LogP contribution in [0.3, 0.4) is 0 Å². The fourth-order valence-electron chi connectivity index (χ4n) is 2.59. The summed E-state index contributed by atoms with van der Waals surface area (Å²) < 4.78 is 6.19. The molecule has 0 aliphatic heterocycles. The van der Waals surface area contributed by atoms with Crippen LogP contribution in [0.4, 0.5) is 0 Å². The number of hydrogen-bond acceptors (Lipinski definition) is 2. The minimum Gasteiger partial charge on any atom is -0.366 e. The highest BCUT2D eigenvalue weighted by Crippen LogP contribution is 2.35. The summed E-state index contributed by atoms with van der Waals surface area (Å²) in [7, 11) is 0. The van der Waals surface area contributed by atoms with E-state index < -0.39 is 5.60 Å². The molecule has 2 aromatic rings. The van der Waals surface area contributed by atoms with Crippen molar-refractivity contribution in [3.05, 3.63) is 71.3 Å². The van der Waals surface area contributed by atoms with Gasteiger partial charge in [0.15, 0.2) is 5.78 Å². The minimum atomic E-state index is -0.612. The molecule has 110 valence electrons. The van der Waals surface area contributed by atoms with Gasteiger partial charge in [0.05, 0.1) is 0 Å². The van der Waals surface area contributed by atoms with Gasteiger partial charge in [-0.2, -0.15) is 0 Å². The highest BCUT2D eigenvalue weighted by molar-refractivity contribution is 5.96. The molecule has 2 heteroatoms. The summed E-state index contributed by atoms with van der Waals surface area (Å²) in [5.41, 5.74) is 2.10. The van der Waals surface area contributed by atoms with Crippen LogP contribution in [-0.2, 0) is 10.3 Å². The Kier molecular flexibility index (Phi) is 4.92. The van der Waals surface area contributed by atoms with Crippen LogP contribution in [0.1, 0.15) is 48.7 Å². The van der Waals surface area contributed by atoms with Crippen molar-refractivity contribution in [2.24, 2.45) is 0 Å². The summed E-state index contributed by atoms with van der Waals surface area (Å²) in [5, 5.41) is 0. The molecule has 0 radical (unpaired) electrons. The van der Waals surface area contributed by atoms with Gasteiger partial charge in [0.1, 0.15) is 5.60 Å². The van der Waals surface area contributed by atoms with E-state index in [0.29, 0.717) is 6.61 Å². The second kappa shape index (κ2) is 6.68. The van der Waals surface area contributed by atoms with Crippen LogP contribution >= 0.6 is 0 Å². The molecule has 0 saturated heterocycles. The zero-order valence-electron chi connectivity index (χ0n) is 12.9. The lowest BCUT2D eigenvalue weighted by Crippen LogP contribution is -2.30. The van der Waals surface area contributed by atoms with Crippen molar-refractivity contribution in [3.8, 4) is 0 Å². The van der Waals surface area contributed by atoms with E-state index in [1.54, 1.807) is 6.92 Å². The topological polar surface area (TPSA) is 26.3 Å². The fourth-order valence-corrected chi connectivity index (χ4v) is 2.59. The summed E-state index contributed by atoms with van der Waals surface area (Å²) in [6, 6.07) is 17.8. The summed E-state index contributed by atoms with van der Waals surface area (Å²) in [6.45, 7) is 6.38. The van der Waals surface area contributed by atoms with Crippen molar-refractivity contribution in [3.63, 3.8) is 0 Å². The number of carbonyl (C=O) groups excluding carboxylic acids is 1. The third kappa shape index (κ3) is 3.22. The van der Waals surface area contributed by atoms with E-state index in [1.165, 1.54) is 0 Å². The third-order valence-corrected chi connectivity index (χ3v) is 3.74. The highest BCUT2D eigenvalue weighted by atomic mass is 16.5. The van der Waals surface area contributed by atoms with Crippen molar-refractivity contribution in [1.29, 1.82) is 0 Å². The van der Waals surface area contributed by atoms with Gasteiger partial charge in [-0.05, 0) is 31.4 Å². The quantitative estimate of drug-likeness (QED) is 0.725. The van der Waals surface area contributed by atoms with Crippen LogP contribution in [0.5, 0.6) is 0 Å². The lowest BCUT2D eigenvalue weighted by Gasteiger charge is -2.32. The Morgan fingerprint density at radius 3 is 2.29 bits per heavy atom. The largest absolute Gasteiger partial charge is 0.366 e. The number of rotatable bonds is 6. The first-order chi connectivity index (χ1) is 10.1. The molecule has 0 amide bonds. The number of benzene rings is 2. The number of hydrogen-bond donors (Lipinski definition) is 0. The van der Waals surface area contributed by atoms with Crippen molar-refractivity contribution in [1.82, 2.24) is 0 Å². The second-order valence-corrected chi connectivity index (χ2v) is 5.35. The van der Waals surface area contributed by atoms with E-state index in [4.69, 9.17) is 4.74 Å². The van der Waals surface area contributed by atoms with Crippen LogP contribution < -0.4 is 0 Å². The molecule has 1 unspecified atom stereocenters. The molecule has 0 aliphatic rings. The maximum absolute atomic E-state index is 12.0. The Morgan fingerprint density at radius 1 is 1.05 bits per heavy atom. The Labute approximate surface area is 126 Å². The van der Waals surface area contributed by atoms with E-state index in [-0.39, 0.29) is 5.78 Å². The van der Waals surface area contributed by atoms with Gasteiger partial charge in [-0.1, -0.05) is 61.5 Å². The number of Topliss-reactive ketones (excluding diaryl/α,β-unsaturated/α-hetero) is 1. The molecule has 0 fully saturated rings. The molecular weight excluding hydrogens is 260 g/mol. The van der Waals surface area contributed by atoms with Gasteiger partial charge < -0.3 is 4.74 Å². The predicted octanol–water partition coefficient (Wildman–Crippen LogP) is 4.58. The van der Waals surface area contributed by atoms with E-state index in [0.717, 1.165) is 23.1 Å². The van der Waals surface area contributed by atoms with Crippen molar-refractivity contribution >= 4 is 5.78 Å². The Morgan fingerprint density at radius 2 is 1.67 bits per heavy atom. The standard InChI is InChI=1S/C19H22O2/c1-4-14-21-19(3,16-10-6-5-7-11-16)18-13-9-8-12-17(18)15(2)20/h5-13H,4,14H2,1-3H3. The maximum atomic E-state index is 12.0. The predicted molar refractivity (Wildman–Crippen MR) is 85.6 cm³/mol. The van der Waals surface area contributed by atoms with Gasteiger partial charge in [0.25, 0.3) is 0 Å². The molecule has 2 nitrogen and oxygen atoms in total. The Bertz CT molecular complexity index is 604. The fraction of sp³-hybridized carbons (Fsp3) is 0.316. The lowest BCUT2D eigenvalue weighted by atomic mass is 9.84. The molecule has 0 N–H and O–H groups in total. The zero-order chi connectivity index (χ0) is 15.3.